The van der Waals surface area contributed by atoms with Gasteiger partial charge >= 0.3 is 15.6 Å². The molecule has 0 N–H and O–H groups in total. The molecule has 19 heavy (non-hydrogen) atoms. The van der Waals surface area contributed by atoms with Crippen molar-refractivity contribution in [1.82, 2.24) is 4.57 Å². The van der Waals surface area contributed by atoms with Crippen LogP contribution in [0.2, 0.25) is 0 Å². The van der Waals surface area contributed by atoms with Crippen LogP contribution in [0.25, 0.3) is 0 Å². The minimum absolute atomic E-state index is 0.0978. The average molecular weight is 299 g/mol. The van der Waals surface area contributed by atoms with E-state index < -0.39 is 22.0 Å². The van der Waals surface area contributed by atoms with Gasteiger partial charge in [-0.05, 0) is 38.1 Å². The van der Waals surface area contributed by atoms with Gasteiger partial charge in [0, 0.05) is 26.7 Å². The first-order valence-corrected chi connectivity index (χ1v) is 8.27. The highest BCUT2D eigenvalue weighted by atomic mass is 28.3. The second kappa shape index (κ2) is 7.61. The van der Waals surface area contributed by atoms with E-state index in [1.54, 1.807) is 14.2 Å². The summed E-state index contributed by atoms with van der Waals surface area (Å²) in [6.45, 7) is 2.90. The molecule has 1 saturated heterocycles. The van der Waals surface area contributed by atoms with Crippen molar-refractivity contribution in [1.29, 1.82) is 0 Å². The Morgan fingerprint density at radius 3 is 2.37 bits per heavy atom. The number of piperidine rings is 1. The van der Waals surface area contributed by atoms with Crippen LogP contribution in [0.3, 0.4) is 0 Å². The molecule has 0 aromatic heterocycles. The van der Waals surface area contributed by atoms with E-state index in [-0.39, 0.29) is 18.4 Å². The Balaban J connectivity index is 2.65. The largest absolute Gasteiger partial charge is 0.410 e. The fraction of sp³-hybridized carbons (Fsp3) is 1.00. The van der Waals surface area contributed by atoms with E-state index in [9.17, 15) is 13.2 Å². The quantitative estimate of drug-likeness (QED) is 0.704. The molecular weight excluding hydrogens is 275 g/mol. The van der Waals surface area contributed by atoms with Gasteiger partial charge in [0.1, 0.15) is 0 Å². The van der Waals surface area contributed by atoms with Gasteiger partial charge < -0.3 is 8.85 Å². The smallest absolute Gasteiger partial charge is 0.388 e. The molecule has 2 unspecified atom stereocenters. The summed E-state index contributed by atoms with van der Waals surface area (Å²) in [4.78, 5) is 0. The molecule has 0 spiro atoms. The molecule has 0 aromatic carbocycles. The van der Waals surface area contributed by atoms with Crippen LogP contribution in [0, 0.1) is 5.92 Å². The lowest BCUT2D eigenvalue weighted by Crippen LogP contribution is -2.54. The highest BCUT2D eigenvalue weighted by Crippen LogP contribution is 2.33. The van der Waals surface area contributed by atoms with Crippen molar-refractivity contribution < 1.29 is 22.0 Å². The Bertz CT molecular complexity index is 262. The SMILES string of the molecule is CCC1C(CCC(F)(F)F)CCCN1[SiH](OC)OC. The molecule has 7 heteroatoms. The summed E-state index contributed by atoms with van der Waals surface area (Å²) in [5, 5.41) is 0. The Kier molecular flexibility index (Phi) is 6.79. The molecule has 2 atom stereocenters. The van der Waals surface area contributed by atoms with Gasteiger partial charge in [-0.15, -0.1) is 0 Å². The number of hydrogen-bond donors (Lipinski definition) is 0. The first-order valence-electron chi connectivity index (χ1n) is 6.81. The fourth-order valence-electron chi connectivity index (χ4n) is 3.05. The molecule has 0 aromatic rings. The summed E-state index contributed by atoms with van der Waals surface area (Å²) in [7, 11) is 1.33. The average Bonchev–Trinajstić information content (AvgIpc) is 2.37. The monoisotopic (exact) mass is 299 g/mol. The third kappa shape index (κ3) is 5.05. The predicted octanol–water partition coefficient (Wildman–Crippen LogP) is 2.83. The van der Waals surface area contributed by atoms with Crippen LogP contribution in [0.4, 0.5) is 13.2 Å². The van der Waals surface area contributed by atoms with Crippen LogP contribution in [0.5, 0.6) is 0 Å². The Morgan fingerprint density at radius 1 is 1.26 bits per heavy atom. The van der Waals surface area contributed by atoms with E-state index >= 15 is 0 Å². The summed E-state index contributed by atoms with van der Waals surface area (Å²) in [5.41, 5.74) is 0. The van der Waals surface area contributed by atoms with Gasteiger partial charge in [0.15, 0.2) is 0 Å². The minimum Gasteiger partial charge on any atom is -0.388 e. The first-order chi connectivity index (χ1) is 8.92. The standard InChI is InChI=1S/C12H24F3NO2Si/c1-4-11-10(7-8-12(13,14)15)6-5-9-16(11)19(17-2)18-3/h10-11,19H,4-9H2,1-3H3. The van der Waals surface area contributed by atoms with Gasteiger partial charge in [0.25, 0.3) is 0 Å². The van der Waals surface area contributed by atoms with Crippen molar-refractivity contribution in [2.24, 2.45) is 5.92 Å². The summed E-state index contributed by atoms with van der Waals surface area (Å²) in [5.74, 6) is 0.0978. The zero-order valence-corrected chi connectivity index (χ0v) is 13.0. The zero-order chi connectivity index (χ0) is 14.5. The predicted molar refractivity (Wildman–Crippen MR) is 70.0 cm³/mol. The molecule has 0 radical (unpaired) electrons. The van der Waals surface area contributed by atoms with E-state index in [0.717, 1.165) is 25.8 Å². The molecule has 1 rings (SSSR count). The molecule has 1 aliphatic rings. The van der Waals surface area contributed by atoms with Crippen molar-refractivity contribution in [2.75, 3.05) is 20.8 Å². The van der Waals surface area contributed by atoms with Crippen LogP contribution in [-0.4, -0.2) is 47.0 Å². The maximum Gasteiger partial charge on any atom is 0.410 e. The van der Waals surface area contributed by atoms with Crippen molar-refractivity contribution in [3.05, 3.63) is 0 Å². The van der Waals surface area contributed by atoms with Crippen molar-refractivity contribution in [3.8, 4) is 0 Å². The van der Waals surface area contributed by atoms with Gasteiger partial charge in [-0.25, -0.2) is 0 Å². The summed E-state index contributed by atoms with van der Waals surface area (Å²) in [6, 6.07) is 0.160. The van der Waals surface area contributed by atoms with E-state index in [0.29, 0.717) is 0 Å². The third-order valence-corrected chi connectivity index (χ3v) is 5.84. The lowest BCUT2D eigenvalue weighted by atomic mass is 9.85. The van der Waals surface area contributed by atoms with Crippen molar-refractivity contribution in [2.45, 2.75) is 51.2 Å². The summed E-state index contributed by atoms with van der Waals surface area (Å²) >= 11 is 0. The fourth-order valence-corrected chi connectivity index (χ4v) is 4.94. The molecular formula is C12H24F3NO2Si. The second-order valence-electron chi connectivity index (χ2n) is 5.05. The van der Waals surface area contributed by atoms with Crippen LogP contribution in [0.15, 0.2) is 0 Å². The van der Waals surface area contributed by atoms with Gasteiger partial charge in [-0.1, -0.05) is 6.92 Å². The first kappa shape index (κ1) is 16.9. The molecule has 114 valence electrons. The zero-order valence-electron chi connectivity index (χ0n) is 11.9. The third-order valence-electron chi connectivity index (χ3n) is 3.85. The normalized spacial score (nSPS) is 26.1. The lowest BCUT2D eigenvalue weighted by Gasteiger charge is -2.43. The van der Waals surface area contributed by atoms with Crippen molar-refractivity contribution in [3.63, 3.8) is 0 Å². The molecule has 0 saturated carbocycles. The van der Waals surface area contributed by atoms with E-state index in [1.807, 2.05) is 6.92 Å². The topological polar surface area (TPSA) is 21.7 Å². The summed E-state index contributed by atoms with van der Waals surface area (Å²) < 4.78 is 50.1. The molecule has 1 fully saturated rings. The molecule has 1 aliphatic heterocycles. The van der Waals surface area contributed by atoms with Gasteiger partial charge in [0.2, 0.25) is 0 Å². The number of hydrogen-bond acceptors (Lipinski definition) is 3. The van der Waals surface area contributed by atoms with Gasteiger partial charge in [-0.2, -0.15) is 13.2 Å². The Morgan fingerprint density at radius 2 is 1.89 bits per heavy atom. The Labute approximate surface area is 115 Å². The highest BCUT2D eigenvalue weighted by molar-refractivity contribution is 6.41. The number of halogens is 3. The lowest BCUT2D eigenvalue weighted by molar-refractivity contribution is -0.139. The maximum absolute atomic E-state index is 12.4. The van der Waals surface area contributed by atoms with Crippen LogP contribution in [-0.2, 0) is 8.85 Å². The molecule has 3 nitrogen and oxygen atoms in total. The molecule has 0 aliphatic carbocycles. The molecule has 1 heterocycles. The van der Waals surface area contributed by atoms with E-state index in [4.69, 9.17) is 8.85 Å². The number of alkyl halides is 3. The van der Waals surface area contributed by atoms with E-state index in [2.05, 4.69) is 4.57 Å². The summed E-state index contributed by atoms with van der Waals surface area (Å²) in [6.07, 6.45) is -1.88. The molecule has 0 bridgehead atoms. The van der Waals surface area contributed by atoms with Crippen molar-refractivity contribution >= 4 is 9.45 Å². The number of nitrogens with zero attached hydrogens (tertiary/aromatic N) is 1. The van der Waals surface area contributed by atoms with Crippen LogP contribution < -0.4 is 0 Å². The number of rotatable bonds is 6. The maximum atomic E-state index is 12.4. The van der Waals surface area contributed by atoms with E-state index in [1.165, 1.54) is 0 Å². The van der Waals surface area contributed by atoms with Gasteiger partial charge in [-0.3, -0.25) is 4.57 Å². The van der Waals surface area contributed by atoms with Crippen LogP contribution in [0.1, 0.15) is 39.0 Å². The molecule has 0 amide bonds. The van der Waals surface area contributed by atoms with Gasteiger partial charge in [0.05, 0.1) is 0 Å². The second-order valence-corrected chi connectivity index (χ2v) is 7.27. The highest BCUT2D eigenvalue weighted by Gasteiger charge is 2.38. The minimum atomic E-state index is -4.06. The Hall–Kier alpha value is -0.113. The van der Waals surface area contributed by atoms with Crippen LogP contribution >= 0.6 is 0 Å².